The quantitative estimate of drug-likeness (QED) is 0.738. The van der Waals surface area contributed by atoms with Gasteiger partial charge >= 0.3 is 0 Å². The molecule has 110 valence electrons. The minimum atomic E-state index is 0.426. The number of nitrogens with zero attached hydrogens (tertiary/aromatic N) is 1. The second-order valence-corrected chi connectivity index (χ2v) is 8.40. The van der Waals surface area contributed by atoms with E-state index >= 15 is 0 Å². The van der Waals surface area contributed by atoms with Crippen molar-refractivity contribution in [2.24, 2.45) is 5.41 Å². The summed E-state index contributed by atoms with van der Waals surface area (Å²) in [4.78, 5) is 2.67. The van der Waals surface area contributed by atoms with Crippen LogP contribution in [0.4, 0.5) is 0 Å². The minimum absolute atomic E-state index is 0.426. The zero-order valence-electron chi connectivity index (χ0n) is 13.8. The molecule has 0 bridgehead atoms. The first kappa shape index (κ1) is 14.1. The summed E-state index contributed by atoms with van der Waals surface area (Å²) in [5.74, 6) is 0. The van der Waals surface area contributed by atoms with Crippen LogP contribution in [0.1, 0.15) is 55.9 Å². The second kappa shape index (κ2) is 4.59. The summed E-state index contributed by atoms with van der Waals surface area (Å²) in [5.41, 5.74) is 7.25. The van der Waals surface area contributed by atoms with Gasteiger partial charge in [0.25, 0.3) is 0 Å². The highest BCUT2D eigenvalue weighted by Crippen LogP contribution is 2.49. The first-order chi connectivity index (χ1) is 9.29. The van der Waals surface area contributed by atoms with E-state index in [1.54, 1.807) is 11.1 Å². The molecule has 0 N–H and O–H groups in total. The van der Waals surface area contributed by atoms with E-state index in [0.29, 0.717) is 10.8 Å². The maximum Gasteiger partial charge on any atom is 0.00301 e. The third-order valence-corrected chi connectivity index (χ3v) is 5.21. The van der Waals surface area contributed by atoms with Gasteiger partial charge < -0.3 is 4.90 Å². The summed E-state index contributed by atoms with van der Waals surface area (Å²) in [7, 11) is 0. The van der Waals surface area contributed by atoms with Gasteiger partial charge in [0, 0.05) is 12.0 Å². The standard InChI is InChI=1S/C19H29N/c1-14-10-15(2)16-12-19(17(16)11-14)6-8-20(9-7-19)13-18(3,4)5/h10-11H,6-9,12-13H2,1-5H3. The third kappa shape index (κ3) is 2.41. The summed E-state index contributed by atoms with van der Waals surface area (Å²) in [5, 5.41) is 0. The van der Waals surface area contributed by atoms with Gasteiger partial charge in [0.2, 0.25) is 0 Å². The SMILES string of the molecule is Cc1cc(C)c2c(c1)C1(CCN(CC(C)(C)C)CC1)C2. The van der Waals surface area contributed by atoms with Crippen molar-refractivity contribution in [3.05, 3.63) is 34.4 Å². The van der Waals surface area contributed by atoms with Gasteiger partial charge in [-0.1, -0.05) is 38.5 Å². The highest BCUT2D eigenvalue weighted by molar-refractivity contribution is 5.51. The largest absolute Gasteiger partial charge is 0.303 e. The molecule has 2 aliphatic rings. The van der Waals surface area contributed by atoms with Crippen molar-refractivity contribution < 1.29 is 0 Å². The summed E-state index contributed by atoms with van der Waals surface area (Å²) < 4.78 is 0. The molecular weight excluding hydrogens is 242 g/mol. The molecule has 1 fully saturated rings. The Labute approximate surface area is 124 Å². The maximum atomic E-state index is 2.67. The lowest BCUT2D eigenvalue weighted by atomic mass is 9.58. The van der Waals surface area contributed by atoms with Crippen molar-refractivity contribution >= 4 is 0 Å². The molecule has 1 aliphatic heterocycles. The maximum absolute atomic E-state index is 2.67. The molecule has 0 unspecified atom stereocenters. The number of hydrogen-bond donors (Lipinski definition) is 0. The van der Waals surface area contributed by atoms with Crippen molar-refractivity contribution in [3.63, 3.8) is 0 Å². The van der Waals surface area contributed by atoms with E-state index in [4.69, 9.17) is 0 Å². The van der Waals surface area contributed by atoms with Crippen LogP contribution in [0, 0.1) is 19.3 Å². The zero-order chi connectivity index (χ0) is 14.5. The highest BCUT2D eigenvalue weighted by atomic mass is 15.1. The van der Waals surface area contributed by atoms with Crippen LogP contribution in [0.25, 0.3) is 0 Å². The van der Waals surface area contributed by atoms with Crippen LogP contribution in [-0.4, -0.2) is 24.5 Å². The Hall–Kier alpha value is -0.820. The molecule has 1 spiro atoms. The number of fused-ring (bicyclic) bond motifs is 2. The van der Waals surface area contributed by atoms with E-state index in [0.717, 1.165) is 0 Å². The van der Waals surface area contributed by atoms with Crippen LogP contribution in [0.3, 0.4) is 0 Å². The number of benzene rings is 1. The third-order valence-electron chi connectivity index (χ3n) is 5.21. The molecule has 1 nitrogen and oxygen atoms in total. The predicted octanol–water partition coefficient (Wildman–Crippen LogP) is 4.24. The van der Waals surface area contributed by atoms with Crippen LogP contribution < -0.4 is 0 Å². The molecule has 1 aromatic carbocycles. The lowest BCUT2D eigenvalue weighted by Gasteiger charge is -2.51. The molecule has 1 heterocycles. The fourth-order valence-corrected chi connectivity index (χ4v) is 4.29. The average Bonchev–Trinajstić information content (AvgIpc) is 2.32. The van der Waals surface area contributed by atoms with Crippen molar-refractivity contribution in [2.45, 2.75) is 59.3 Å². The van der Waals surface area contributed by atoms with Gasteiger partial charge in [-0.25, -0.2) is 0 Å². The van der Waals surface area contributed by atoms with Crippen molar-refractivity contribution in [3.8, 4) is 0 Å². The average molecular weight is 271 g/mol. The monoisotopic (exact) mass is 271 g/mol. The molecule has 0 aromatic heterocycles. The van der Waals surface area contributed by atoms with E-state index in [1.807, 2.05) is 0 Å². The molecule has 1 heteroatoms. The number of piperidine rings is 1. The Bertz CT molecular complexity index is 513. The Kier molecular flexibility index (Phi) is 3.25. The van der Waals surface area contributed by atoms with Crippen molar-refractivity contribution in [1.82, 2.24) is 4.90 Å². The number of hydrogen-bond acceptors (Lipinski definition) is 1. The number of rotatable bonds is 1. The van der Waals surface area contributed by atoms with Crippen LogP contribution in [-0.2, 0) is 11.8 Å². The molecule has 20 heavy (non-hydrogen) atoms. The second-order valence-electron chi connectivity index (χ2n) is 8.40. The highest BCUT2D eigenvalue weighted by Gasteiger charge is 2.45. The molecule has 1 saturated heterocycles. The number of likely N-dealkylation sites (tertiary alicyclic amines) is 1. The smallest absolute Gasteiger partial charge is 0.00301 e. The van der Waals surface area contributed by atoms with Gasteiger partial charge in [0.05, 0.1) is 0 Å². The summed E-state index contributed by atoms with van der Waals surface area (Å²) in [6.45, 7) is 15.4. The van der Waals surface area contributed by atoms with Crippen LogP contribution >= 0.6 is 0 Å². The summed E-state index contributed by atoms with van der Waals surface area (Å²) >= 11 is 0. The van der Waals surface area contributed by atoms with Crippen LogP contribution in [0.2, 0.25) is 0 Å². The molecule has 1 aliphatic carbocycles. The number of aryl methyl sites for hydroxylation is 2. The van der Waals surface area contributed by atoms with E-state index < -0.39 is 0 Å². The first-order valence-electron chi connectivity index (χ1n) is 8.12. The van der Waals surface area contributed by atoms with Gasteiger partial charge in [-0.15, -0.1) is 0 Å². The van der Waals surface area contributed by atoms with E-state index in [-0.39, 0.29) is 0 Å². The fourth-order valence-electron chi connectivity index (χ4n) is 4.29. The van der Waals surface area contributed by atoms with Crippen molar-refractivity contribution in [2.75, 3.05) is 19.6 Å². The molecule has 1 aromatic rings. The zero-order valence-corrected chi connectivity index (χ0v) is 13.8. The van der Waals surface area contributed by atoms with Gasteiger partial charge in [0.15, 0.2) is 0 Å². The van der Waals surface area contributed by atoms with E-state index in [9.17, 15) is 0 Å². The van der Waals surface area contributed by atoms with Crippen LogP contribution in [0.15, 0.2) is 12.1 Å². The molecule has 0 radical (unpaired) electrons. The Morgan fingerprint density at radius 3 is 2.35 bits per heavy atom. The van der Waals surface area contributed by atoms with Gasteiger partial charge in [0.1, 0.15) is 0 Å². The van der Waals surface area contributed by atoms with E-state index in [2.05, 4.69) is 51.7 Å². The Morgan fingerprint density at radius 1 is 1.10 bits per heavy atom. The van der Waals surface area contributed by atoms with Gasteiger partial charge in [-0.05, 0) is 68.3 Å². The molecule has 0 atom stereocenters. The Balaban J connectivity index is 1.73. The summed E-state index contributed by atoms with van der Waals surface area (Å²) in [6.07, 6.45) is 4.05. The van der Waals surface area contributed by atoms with Crippen LogP contribution in [0.5, 0.6) is 0 Å². The topological polar surface area (TPSA) is 3.24 Å². The lowest BCUT2D eigenvalue weighted by Crippen LogP contribution is -2.50. The van der Waals surface area contributed by atoms with Gasteiger partial charge in [-0.2, -0.15) is 0 Å². The molecular formula is C19H29N. The molecule has 0 saturated carbocycles. The lowest BCUT2D eigenvalue weighted by molar-refractivity contribution is 0.109. The predicted molar refractivity (Wildman–Crippen MR) is 86.4 cm³/mol. The molecule has 0 amide bonds. The Morgan fingerprint density at radius 2 is 1.75 bits per heavy atom. The first-order valence-corrected chi connectivity index (χ1v) is 8.12. The fraction of sp³-hybridized carbons (Fsp3) is 0.684. The molecule has 3 rings (SSSR count). The normalized spacial score (nSPS) is 21.6. The van der Waals surface area contributed by atoms with Crippen molar-refractivity contribution in [1.29, 1.82) is 0 Å². The van der Waals surface area contributed by atoms with Gasteiger partial charge in [-0.3, -0.25) is 0 Å². The van der Waals surface area contributed by atoms with E-state index in [1.165, 1.54) is 50.0 Å². The summed E-state index contributed by atoms with van der Waals surface area (Å²) in [6, 6.07) is 4.81. The minimum Gasteiger partial charge on any atom is -0.303 e.